The molecule has 0 radical (unpaired) electrons. The van der Waals surface area contributed by atoms with Gasteiger partial charge in [0.05, 0.1) is 5.57 Å². The lowest BCUT2D eigenvalue weighted by molar-refractivity contribution is -0.132. The summed E-state index contributed by atoms with van der Waals surface area (Å²) in [5, 5.41) is 13.0. The van der Waals surface area contributed by atoms with Crippen LogP contribution in [0.5, 0.6) is 0 Å². The standard InChI is InChI=1S/C16H18O3S2/c1-10-7-12(20-8-10)5-6-14(17)15-11(2)13(16(18)19)9-21(15,3)4/h5-9H,1-4H3,(H,18,19). The Morgan fingerprint density at radius 3 is 2.43 bits per heavy atom. The van der Waals surface area contributed by atoms with Crippen molar-refractivity contribution in [1.29, 1.82) is 0 Å². The van der Waals surface area contributed by atoms with Gasteiger partial charge in [0.2, 0.25) is 0 Å². The average molecular weight is 322 g/mol. The van der Waals surface area contributed by atoms with E-state index in [1.54, 1.807) is 35.8 Å². The van der Waals surface area contributed by atoms with Crippen molar-refractivity contribution in [1.82, 2.24) is 0 Å². The predicted molar refractivity (Wildman–Crippen MR) is 91.0 cm³/mol. The van der Waals surface area contributed by atoms with Gasteiger partial charge in [-0.05, 0) is 66.5 Å². The van der Waals surface area contributed by atoms with Gasteiger partial charge in [-0.1, -0.05) is 0 Å². The highest BCUT2D eigenvalue weighted by Crippen LogP contribution is 2.58. The van der Waals surface area contributed by atoms with Gasteiger partial charge < -0.3 is 5.11 Å². The Morgan fingerprint density at radius 2 is 1.95 bits per heavy atom. The third kappa shape index (κ3) is 3.19. The smallest absolute Gasteiger partial charge is 0.336 e. The molecule has 112 valence electrons. The number of aryl methyl sites for hydroxylation is 1. The highest BCUT2D eigenvalue weighted by Gasteiger charge is 2.33. The number of ketones is 1. The first-order valence-corrected chi connectivity index (χ1v) is 9.79. The van der Waals surface area contributed by atoms with Crippen molar-refractivity contribution >= 4 is 39.2 Å². The highest BCUT2D eigenvalue weighted by atomic mass is 32.3. The first-order chi connectivity index (χ1) is 9.72. The summed E-state index contributed by atoms with van der Waals surface area (Å²) >= 11 is 1.58. The van der Waals surface area contributed by atoms with Crippen LogP contribution in [0.4, 0.5) is 0 Å². The molecule has 0 saturated heterocycles. The van der Waals surface area contributed by atoms with Crippen LogP contribution >= 0.6 is 21.4 Å². The van der Waals surface area contributed by atoms with Gasteiger partial charge in [0.1, 0.15) is 0 Å². The second-order valence-corrected chi connectivity index (χ2v) is 9.82. The molecule has 1 aromatic heterocycles. The van der Waals surface area contributed by atoms with E-state index in [1.807, 2.05) is 30.9 Å². The lowest BCUT2D eigenvalue weighted by atomic mass is 10.1. The van der Waals surface area contributed by atoms with Crippen molar-refractivity contribution in [2.75, 3.05) is 12.5 Å². The number of thiophene rings is 1. The van der Waals surface area contributed by atoms with E-state index in [0.717, 1.165) is 4.88 Å². The third-order valence-corrected chi connectivity index (χ3v) is 6.69. The van der Waals surface area contributed by atoms with Gasteiger partial charge in [0.15, 0.2) is 5.78 Å². The Hall–Kier alpha value is -1.59. The molecule has 0 unspecified atom stereocenters. The molecule has 0 aliphatic carbocycles. The zero-order valence-electron chi connectivity index (χ0n) is 12.5. The highest BCUT2D eigenvalue weighted by molar-refractivity contribution is 8.39. The van der Waals surface area contributed by atoms with Crippen LogP contribution < -0.4 is 0 Å². The number of carboxylic acids is 1. The van der Waals surface area contributed by atoms with E-state index < -0.39 is 16.0 Å². The minimum Gasteiger partial charge on any atom is -0.478 e. The number of carbonyl (C=O) groups is 2. The molecule has 0 bridgehead atoms. The maximum atomic E-state index is 12.5. The number of rotatable bonds is 4. The van der Waals surface area contributed by atoms with Crippen LogP contribution in [0.1, 0.15) is 17.4 Å². The fourth-order valence-electron chi connectivity index (χ4n) is 2.39. The summed E-state index contributed by atoms with van der Waals surface area (Å²) in [4.78, 5) is 25.4. The summed E-state index contributed by atoms with van der Waals surface area (Å²) in [6.45, 7) is 3.73. The molecule has 0 saturated carbocycles. The van der Waals surface area contributed by atoms with Gasteiger partial charge in [-0.3, -0.25) is 4.79 Å². The maximum Gasteiger partial charge on any atom is 0.336 e. The van der Waals surface area contributed by atoms with Gasteiger partial charge >= 0.3 is 5.97 Å². The Bertz CT molecular complexity index is 703. The first kappa shape index (κ1) is 15.8. The molecule has 3 nitrogen and oxygen atoms in total. The van der Waals surface area contributed by atoms with Gasteiger partial charge in [-0.25, -0.2) is 4.79 Å². The van der Waals surface area contributed by atoms with Gasteiger partial charge in [-0.15, -0.1) is 11.3 Å². The van der Waals surface area contributed by atoms with Crippen molar-refractivity contribution in [3.8, 4) is 0 Å². The van der Waals surface area contributed by atoms with Crippen LogP contribution in [0.3, 0.4) is 0 Å². The van der Waals surface area contributed by atoms with Crippen LogP contribution in [0, 0.1) is 6.92 Å². The molecule has 0 amide bonds. The van der Waals surface area contributed by atoms with E-state index in [4.69, 9.17) is 0 Å². The number of aliphatic carboxylic acids is 1. The monoisotopic (exact) mass is 322 g/mol. The van der Waals surface area contributed by atoms with Crippen molar-refractivity contribution in [2.45, 2.75) is 13.8 Å². The second-order valence-electron chi connectivity index (χ2n) is 5.42. The summed E-state index contributed by atoms with van der Waals surface area (Å²) in [7, 11) is -1.49. The van der Waals surface area contributed by atoms with Crippen LogP contribution in [0.2, 0.25) is 0 Å². The molecule has 0 spiro atoms. The van der Waals surface area contributed by atoms with Crippen LogP contribution in [0.15, 0.2) is 39.0 Å². The molecule has 0 atom stereocenters. The average Bonchev–Trinajstić information content (AvgIpc) is 2.88. The first-order valence-electron chi connectivity index (χ1n) is 6.39. The molecular formula is C16H18O3S2. The normalized spacial score (nSPS) is 19.0. The number of carbonyl (C=O) groups excluding carboxylic acids is 1. The minimum atomic E-state index is -1.49. The molecule has 2 rings (SSSR count). The predicted octanol–water partition coefficient (Wildman–Crippen LogP) is 3.96. The van der Waals surface area contributed by atoms with Crippen LogP contribution in [-0.2, 0) is 9.59 Å². The van der Waals surface area contributed by atoms with Crippen molar-refractivity contribution < 1.29 is 14.7 Å². The fourth-order valence-corrected chi connectivity index (χ4v) is 5.65. The molecule has 1 aliphatic heterocycles. The van der Waals surface area contributed by atoms with E-state index in [1.165, 1.54) is 5.56 Å². The van der Waals surface area contributed by atoms with E-state index in [0.29, 0.717) is 10.5 Å². The summed E-state index contributed by atoms with van der Waals surface area (Å²) in [6.07, 6.45) is 7.25. The lowest BCUT2D eigenvalue weighted by Gasteiger charge is -2.25. The topological polar surface area (TPSA) is 54.4 Å². The number of hydrogen-bond acceptors (Lipinski definition) is 3. The van der Waals surface area contributed by atoms with Crippen molar-refractivity contribution in [3.05, 3.63) is 49.4 Å². The summed E-state index contributed by atoms with van der Waals surface area (Å²) in [5.74, 6) is -1.06. The number of carboxylic acid groups (broad SMARTS) is 1. The molecule has 21 heavy (non-hydrogen) atoms. The molecule has 1 N–H and O–H groups in total. The van der Waals surface area contributed by atoms with Gasteiger partial charge in [0.25, 0.3) is 0 Å². The Labute approximate surface area is 130 Å². The molecule has 1 aromatic rings. The van der Waals surface area contributed by atoms with Crippen LogP contribution in [-0.4, -0.2) is 29.4 Å². The molecule has 1 aliphatic rings. The van der Waals surface area contributed by atoms with Crippen molar-refractivity contribution in [3.63, 3.8) is 0 Å². The van der Waals surface area contributed by atoms with Crippen LogP contribution in [0.25, 0.3) is 6.08 Å². The van der Waals surface area contributed by atoms with Gasteiger partial charge in [0, 0.05) is 9.78 Å². The largest absolute Gasteiger partial charge is 0.478 e. The molecule has 0 fully saturated rings. The molecule has 2 heterocycles. The summed E-state index contributed by atoms with van der Waals surface area (Å²) in [5.41, 5.74) is 2.03. The Balaban J connectivity index is 2.31. The summed E-state index contributed by atoms with van der Waals surface area (Å²) < 4.78 is 0. The maximum absolute atomic E-state index is 12.5. The number of allylic oxidation sites excluding steroid dienone is 2. The van der Waals surface area contributed by atoms with E-state index in [9.17, 15) is 14.7 Å². The lowest BCUT2D eigenvalue weighted by Crippen LogP contribution is -2.05. The minimum absolute atomic E-state index is 0.0916. The van der Waals surface area contributed by atoms with Crippen molar-refractivity contribution in [2.24, 2.45) is 0 Å². The molecular weight excluding hydrogens is 304 g/mol. The quantitative estimate of drug-likeness (QED) is 0.854. The Kier molecular flexibility index (Phi) is 4.25. The molecule has 0 aromatic carbocycles. The zero-order chi connectivity index (χ0) is 15.8. The SMILES string of the molecule is CC1=C(C(=O)C=Cc2cc(C)cs2)S(C)(C)C=C1C(=O)O. The summed E-state index contributed by atoms with van der Waals surface area (Å²) in [6, 6.07) is 2.02. The Morgan fingerprint density at radius 1 is 1.29 bits per heavy atom. The number of hydrogen-bond donors (Lipinski definition) is 1. The van der Waals surface area contributed by atoms with E-state index in [-0.39, 0.29) is 11.4 Å². The van der Waals surface area contributed by atoms with E-state index >= 15 is 0 Å². The molecule has 5 heteroatoms. The third-order valence-electron chi connectivity index (χ3n) is 3.29. The zero-order valence-corrected chi connectivity index (χ0v) is 14.1. The fraction of sp³-hybridized carbons (Fsp3) is 0.250. The van der Waals surface area contributed by atoms with Gasteiger partial charge in [-0.2, -0.15) is 10.0 Å². The van der Waals surface area contributed by atoms with E-state index in [2.05, 4.69) is 0 Å². The second kappa shape index (κ2) is 5.66.